The molecule has 0 saturated heterocycles. The van der Waals surface area contributed by atoms with Crippen molar-refractivity contribution in [1.29, 1.82) is 0 Å². The van der Waals surface area contributed by atoms with Gasteiger partial charge in [0.2, 0.25) is 0 Å². The third-order valence-corrected chi connectivity index (χ3v) is 3.25. The molecule has 1 aromatic carbocycles. The lowest BCUT2D eigenvalue weighted by molar-refractivity contribution is -0.142. The number of benzene rings is 1. The molecular formula is C15H21ClN2O3. The predicted molar refractivity (Wildman–Crippen MR) is 85.1 cm³/mol. The van der Waals surface area contributed by atoms with Crippen LogP contribution in [0.2, 0.25) is 0 Å². The first-order valence-electron chi connectivity index (χ1n) is 6.73. The van der Waals surface area contributed by atoms with Crippen LogP contribution in [0.15, 0.2) is 24.4 Å². The molecule has 2 rings (SSSR count). The summed E-state index contributed by atoms with van der Waals surface area (Å²) in [6.45, 7) is 2.93. The van der Waals surface area contributed by atoms with E-state index in [0.29, 0.717) is 6.61 Å². The number of ether oxygens (including phenoxy) is 2. The number of nitrogens with two attached hydrogens (primary N) is 1. The van der Waals surface area contributed by atoms with Gasteiger partial charge < -0.3 is 20.2 Å². The van der Waals surface area contributed by atoms with E-state index in [0.717, 1.165) is 28.6 Å². The van der Waals surface area contributed by atoms with E-state index in [-0.39, 0.29) is 24.9 Å². The zero-order chi connectivity index (χ0) is 14.5. The fourth-order valence-electron chi connectivity index (χ4n) is 2.21. The molecule has 6 heteroatoms. The fourth-order valence-corrected chi connectivity index (χ4v) is 2.21. The Kier molecular flexibility index (Phi) is 6.52. The maximum atomic E-state index is 11.8. The van der Waals surface area contributed by atoms with E-state index >= 15 is 0 Å². The smallest absolute Gasteiger partial charge is 0.314 e. The molecule has 21 heavy (non-hydrogen) atoms. The summed E-state index contributed by atoms with van der Waals surface area (Å²) < 4.78 is 10.4. The van der Waals surface area contributed by atoms with Gasteiger partial charge in [0.25, 0.3) is 0 Å². The minimum Gasteiger partial charge on any atom is -0.494 e. The lowest BCUT2D eigenvalue weighted by Crippen LogP contribution is -2.22. The van der Waals surface area contributed by atoms with Crippen molar-refractivity contribution < 1.29 is 14.3 Å². The molecule has 1 heterocycles. The average molecular weight is 313 g/mol. The largest absolute Gasteiger partial charge is 0.494 e. The molecule has 1 atom stereocenters. The highest BCUT2D eigenvalue weighted by Gasteiger charge is 2.23. The van der Waals surface area contributed by atoms with Crippen LogP contribution in [0.1, 0.15) is 24.8 Å². The van der Waals surface area contributed by atoms with E-state index < -0.39 is 5.92 Å². The summed E-state index contributed by atoms with van der Waals surface area (Å²) in [4.78, 5) is 14.9. The van der Waals surface area contributed by atoms with Crippen LogP contribution < -0.4 is 10.5 Å². The minimum absolute atomic E-state index is 0. The number of H-pyrrole nitrogens is 1. The number of rotatable bonds is 6. The summed E-state index contributed by atoms with van der Waals surface area (Å²) in [6, 6.07) is 5.78. The molecule has 0 radical (unpaired) electrons. The number of carbonyl (C=O) groups is 1. The summed E-state index contributed by atoms with van der Waals surface area (Å²) in [7, 11) is 1.37. The van der Waals surface area contributed by atoms with E-state index in [2.05, 4.69) is 11.9 Å². The van der Waals surface area contributed by atoms with Gasteiger partial charge in [-0.1, -0.05) is 6.92 Å². The molecule has 0 amide bonds. The van der Waals surface area contributed by atoms with Crippen LogP contribution in [-0.2, 0) is 9.53 Å². The second-order valence-electron chi connectivity index (χ2n) is 4.61. The van der Waals surface area contributed by atoms with Crippen molar-refractivity contribution in [3.8, 4) is 5.75 Å². The van der Waals surface area contributed by atoms with E-state index in [1.54, 1.807) is 0 Å². The molecule has 2 aromatic rings. The molecule has 1 unspecified atom stereocenters. The molecule has 0 aliphatic heterocycles. The molecule has 0 fully saturated rings. The Morgan fingerprint density at radius 1 is 1.43 bits per heavy atom. The number of aromatic amines is 1. The first-order valence-corrected chi connectivity index (χ1v) is 6.73. The van der Waals surface area contributed by atoms with Gasteiger partial charge in [-0.3, -0.25) is 4.79 Å². The van der Waals surface area contributed by atoms with Gasteiger partial charge >= 0.3 is 5.97 Å². The van der Waals surface area contributed by atoms with Crippen LogP contribution in [0.5, 0.6) is 5.75 Å². The Bertz CT molecular complexity index is 598. The van der Waals surface area contributed by atoms with Crippen molar-refractivity contribution in [1.82, 2.24) is 4.98 Å². The number of hydrogen-bond donors (Lipinski definition) is 2. The van der Waals surface area contributed by atoms with E-state index in [1.165, 1.54) is 7.11 Å². The molecular weight excluding hydrogens is 292 g/mol. The maximum Gasteiger partial charge on any atom is 0.314 e. The Hall–Kier alpha value is -1.72. The lowest BCUT2D eigenvalue weighted by atomic mass is 9.98. The zero-order valence-corrected chi connectivity index (χ0v) is 13.0. The van der Waals surface area contributed by atoms with Crippen LogP contribution in [0.4, 0.5) is 0 Å². The maximum absolute atomic E-state index is 11.8. The topological polar surface area (TPSA) is 77.3 Å². The number of hydrogen-bond acceptors (Lipinski definition) is 4. The summed E-state index contributed by atoms with van der Waals surface area (Å²) in [5, 5.41) is 0.944. The Labute approximate surface area is 130 Å². The normalized spacial score (nSPS) is 11.8. The van der Waals surface area contributed by atoms with Crippen molar-refractivity contribution in [3.05, 3.63) is 30.0 Å². The average Bonchev–Trinajstić information content (AvgIpc) is 2.89. The first-order chi connectivity index (χ1) is 9.71. The van der Waals surface area contributed by atoms with Crippen molar-refractivity contribution >= 4 is 29.3 Å². The van der Waals surface area contributed by atoms with Gasteiger partial charge in [-0.15, -0.1) is 12.4 Å². The standard InChI is InChI=1S/C15H20N2O3.ClH/c1-3-6-20-10-4-5-14-11(7-10)13(9-17-14)12(8-16)15(18)19-2;/h4-5,7,9,12,17H,3,6,8,16H2,1-2H3;1H. The summed E-state index contributed by atoms with van der Waals surface area (Å²) >= 11 is 0. The Morgan fingerprint density at radius 2 is 2.19 bits per heavy atom. The molecule has 0 aliphatic rings. The molecule has 5 nitrogen and oxygen atoms in total. The molecule has 0 saturated carbocycles. The summed E-state index contributed by atoms with van der Waals surface area (Å²) in [6.07, 6.45) is 2.76. The van der Waals surface area contributed by atoms with Gasteiger partial charge in [-0.05, 0) is 30.2 Å². The van der Waals surface area contributed by atoms with Gasteiger partial charge in [0.15, 0.2) is 0 Å². The van der Waals surface area contributed by atoms with Gasteiger partial charge in [-0.25, -0.2) is 0 Å². The van der Waals surface area contributed by atoms with Crippen molar-refractivity contribution in [2.45, 2.75) is 19.3 Å². The molecule has 116 valence electrons. The summed E-state index contributed by atoms with van der Waals surface area (Å²) in [5.74, 6) is 0.00397. The highest BCUT2D eigenvalue weighted by Crippen LogP contribution is 2.29. The molecule has 0 spiro atoms. The van der Waals surface area contributed by atoms with Crippen LogP contribution in [0.3, 0.4) is 0 Å². The van der Waals surface area contributed by atoms with Gasteiger partial charge in [-0.2, -0.15) is 0 Å². The molecule has 0 bridgehead atoms. The number of fused-ring (bicyclic) bond motifs is 1. The predicted octanol–water partition coefficient (Wildman–Crippen LogP) is 2.59. The van der Waals surface area contributed by atoms with Crippen molar-refractivity contribution in [3.63, 3.8) is 0 Å². The number of carbonyl (C=O) groups excluding carboxylic acids is 1. The van der Waals surface area contributed by atoms with Gasteiger partial charge in [0.05, 0.1) is 19.6 Å². The number of halogens is 1. The second kappa shape index (κ2) is 7.90. The van der Waals surface area contributed by atoms with E-state index in [9.17, 15) is 4.79 Å². The third kappa shape index (κ3) is 3.68. The quantitative estimate of drug-likeness (QED) is 0.804. The monoisotopic (exact) mass is 312 g/mol. The number of esters is 1. The summed E-state index contributed by atoms with van der Waals surface area (Å²) in [5.41, 5.74) is 7.50. The zero-order valence-electron chi connectivity index (χ0n) is 12.2. The first kappa shape index (κ1) is 17.3. The van der Waals surface area contributed by atoms with Crippen LogP contribution in [-0.4, -0.2) is 31.2 Å². The lowest BCUT2D eigenvalue weighted by Gasteiger charge is -2.12. The SMILES string of the molecule is CCCOc1ccc2[nH]cc(C(CN)C(=O)OC)c2c1.Cl. The van der Waals surface area contributed by atoms with E-state index in [4.69, 9.17) is 15.2 Å². The van der Waals surface area contributed by atoms with Crippen LogP contribution in [0.25, 0.3) is 10.9 Å². The highest BCUT2D eigenvalue weighted by molar-refractivity contribution is 5.90. The molecule has 0 aliphatic carbocycles. The van der Waals surface area contributed by atoms with Gasteiger partial charge in [0, 0.05) is 23.6 Å². The van der Waals surface area contributed by atoms with Crippen LogP contribution in [0, 0.1) is 0 Å². The number of aromatic nitrogens is 1. The van der Waals surface area contributed by atoms with Crippen LogP contribution >= 0.6 is 12.4 Å². The number of methoxy groups -OCH3 is 1. The minimum atomic E-state index is -0.463. The second-order valence-corrected chi connectivity index (χ2v) is 4.61. The Morgan fingerprint density at radius 3 is 2.81 bits per heavy atom. The third-order valence-electron chi connectivity index (χ3n) is 3.25. The van der Waals surface area contributed by atoms with Crippen molar-refractivity contribution in [2.75, 3.05) is 20.3 Å². The van der Waals surface area contributed by atoms with Crippen molar-refractivity contribution in [2.24, 2.45) is 5.73 Å². The molecule has 1 aromatic heterocycles. The fraction of sp³-hybridized carbons (Fsp3) is 0.400. The van der Waals surface area contributed by atoms with Gasteiger partial charge in [0.1, 0.15) is 5.75 Å². The Balaban J connectivity index is 0.00000220. The highest BCUT2D eigenvalue weighted by atomic mass is 35.5. The number of nitrogens with one attached hydrogen (secondary N) is 1. The van der Waals surface area contributed by atoms with E-state index in [1.807, 2.05) is 24.4 Å². The molecule has 3 N–H and O–H groups in total.